The predicted octanol–water partition coefficient (Wildman–Crippen LogP) is 5.27. The minimum atomic E-state index is -1.05. The third kappa shape index (κ3) is 4.38. The second-order valence-corrected chi connectivity index (χ2v) is 9.27. The molecule has 4 aromatic carbocycles. The lowest BCUT2D eigenvalue weighted by Crippen LogP contribution is -2.18. The molecule has 7 heteroatoms. The average Bonchev–Trinajstić information content (AvgIpc) is 3.24. The molecule has 0 heterocycles. The average molecular weight is 501 g/mol. The zero-order chi connectivity index (χ0) is 26.3. The van der Waals surface area contributed by atoms with Crippen molar-refractivity contribution in [1.82, 2.24) is 0 Å². The molecule has 0 bridgehead atoms. The second-order valence-electron chi connectivity index (χ2n) is 9.27. The van der Waals surface area contributed by atoms with Crippen molar-refractivity contribution in [1.29, 1.82) is 0 Å². The van der Waals surface area contributed by atoms with Gasteiger partial charge in [-0.25, -0.2) is 0 Å². The Bertz CT molecular complexity index is 1390. The van der Waals surface area contributed by atoms with Crippen LogP contribution in [-0.2, 0) is 0 Å². The van der Waals surface area contributed by atoms with Crippen LogP contribution in [0.1, 0.15) is 51.7 Å². The number of rotatable bonds is 6. The Morgan fingerprint density at radius 2 is 1.22 bits per heavy atom. The van der Waals surface area contributed by atoms with Crippen molar-refractivity contribution >= 4 is 0 Å². The smallest absolute Gasteiger partial charge is 0.123 e. The van der Waals surface area contributed by atoms with E-state index in [9.17, 15) is 25.5 Å². The standard InChI is InChI=1S/C30H28O7/c1-36-22-11-18(12-23(15-22)37-2)27-26(16-3-7-19(31)8-4-16)28-24(13-21(33)14-25(28)34)29(27)30(35)17-5-9-20(32)10-6-17/h3-15,26-27,29-35H,1-2H3/t26-,27-,29-,30-/m1/s1. The number of benzene rings is 4. The van der Waals surface area contributed by atoms with E-state index in [0.717, 1.165) is 11.1 Å². The number of fused-ring (bicyclic) bond motifs is 1. The lowest BCUT2D eigenvalue weighted by Gasteiger charge is -2.30. The molecule has 7 nitrogen and oxygen atoms in total. The molecule has 0 saturated carbocycles. The van der Waals surface area contributed by atoms with E-state index in [0.29, 0.717) is 28.2 Å². The van der Waals surface area contributed by atoms with Gasteiger partial charge in [0.2, 0.25) is 0 Å². The molecule has 5 N–H and O–H groups in total. The maximum Gasteiger partial charge on any atom is 0.123 e. The largest absolute Gasteiger partial charge is 0.508 e. The maximum absolute atomic E-state index is 11.8. The van der Waals surface area contributed by atoms with E-state index < -0.39 is 23.9 Å². The third-order valence-corrected chi connectivity index (χ3v) is 7.18. The summed E-state index contributed by atoms with van der Waals surface area (Å²) in [5.74, 6) is -0.357. The Labute approximate surface area is 214 Å². The molecule has 1 aliphatic carbocycles. The first-order chi connectivity index (χ1) is 17.8. The number of ether oxygens (including phenoxy) is 2. The fraction of sp³-hybridized carbons (Fsp3) is 0.200. The van der Waals surface area contributed by atoms with Gasteiger partial charge >= 0.3 is 0 Å². The Morgan fingerprint density at radius 1 is 0.649 bits per heavy atom. The van der Waals surface area contributed by atoms with Gasteiger partial charge in [-0.2, -0.15) is 0 Å². The first-order valence-corrected chi connectivity index (χ1v) is 11.9. The zero-order valence-corrected chi connectivity index (χ0v) is 20.4. The fourth-order valence-electron chi connectivity index (χ4n) is 5.56. The number of aromatic hydroxyl groups is 4. The Hall–Kier alpha value is -4.36. The zero-order valence-electron chi connectivity index (χ0n) is 20.4. The van der Waals surface area contributed by atoms with Crippen LogP contribution in [0.15, 0.2) is 78.9 Å². The number of phenolic OH excluding ortho intramolecular Hbond substituents is 4. The molecule has 0 spiro atoms. The molecule has 4 aromatic rings. The molecule has 1 aliphatic rings. The third-order valence-electron chi connectivity index (χ3n) is 7.18. The normalized spacial score (nSPS) is 19.3. The number of aliphatic hydroxyl groups is 1. The highest BCUT2D eigenvalue weighted by Gasteiger charge is 2.47. The molecule has 0 aromatic heterocycles. The quantitative estimate of drug-likeness (QED) is 0.245. The van der Waals surface area contributed by atoms with Crippen LogP contribution in [-0.4, -0.2) is 39.8 Å². The van der Waals surface area contributed by atoms with Gasteiger partial charge in [-0.3, -0.25) is 0 Å². The van der Waals surface area contributed by atoms with Crippen LogP contribution in [0.2, 0.25) is 0 Å². The summed E-state index contributed by atoms with van der Waals surface area (Å²) in [4.78, 5) is 0. The molecule has 0 amide bonds. The lowest BCUT2D eigenvalue weighted by atomic mass is 9.75. The summed E-state index contributed by atoms with van der Waals surface area (Å²) < 4.78 is 11.1. The van der Waals surface area contributed by atoms with Crippen molar-refractivity contribution in [3.05, 3.63) is 107 Å². The van der Waals surface area contributed by atoms with Crippen LogP contribution >= 0.6 is 0 Å². The van der Waals surface area contributed by atoms with Crippen LogP contribution < -0.4 is 9.47 Å². The van der Waals surface area contributed by atoms with Gasteiger partial charge in [-0.1, -0.05) is 24.3 Å². The number of phenols is 4. The van der Waals surface area contributed by atoms with E-state index in [1.165, 1.54) is 18.2 Å². The number of methoxy groups -OCH3 is 2. The van der Waals surface area contributed by atoms with Gasteiger partial charge in [0.25, 0.3) is 0 Å². The van der Waals surface area contributed by atoms with E-state index in [1.807, 2.05) is 12.1 Å². The molecule has 0 radical (unpaired) electrons. The van der Waals surface area contributed by atoms with Crippen LogP contribution in [0.5, 0.6) is 34.5 Å². The van der Waals surface area contributed by atoms with Gasteiger partial charge in [-0.05, 0) is 64.7 Å². The van der Waals surface area contributed by atoms with Crippen molar-refractivity contribution in [2.24, 2.45) is 0 Å². The monoisotopic (exact) mass is 500 g/mol. The molecule has 5 rings (SSSR count). The summed E-state index contributed by atoms with van der Waals surface area (Å²) in [6.07, 6.45) is -1.05. The number of hydrogen-bond acceptors (Lipinski definition) is 7. The minimum Gasteiger partial charge on any atom is -0.508 e. The van der Waals surface area contributed by atoms with Crippen LogP contribution in [0.3, 0.4) is 0 Å². The Balaban J connectivity index is 1.79. The number of hydrogen-bond donors (Lipinski definition) is 5. The summed E-state index contributed by atoms with van der Waals surface area (Å²) in [5, 5.41) is 53.1. The Kier molecular flexibility index (Phi) is 6.31. The summed E-state index contributed by atoms with van der Waals surface area (Å²) in [6, 6.07) is 21.4. The molecule has 0 aliphatic heterocycles. The van der Waals surface area contributed by atoms with Gasteiger partial charge < -0.3 is 35.0 Å². The fourth-order valence-corrected chi connectivity index (χ4v) is 5.56. The molecule has 0 saturated heterocycles. The maximum atomic E-state index is 11.8. The Morgan fingerprint density at radius 3 is 1.78 bits per heavy atom. The van der Waals surface area contributed by atoms with Gasteiger partial charge in [0.1, 0.15) is 34.5 Å². The van der Waals surface area contributed by atoms with Crippen LogP contribution in [0.4, 0.5) is 0 Å². The van der Waals surface area contributed by atoms with E-state index in [-0.39, 0.29) is 23.0 Å². The van der Waals surface area contributed by atoms with Gasteiger partial charge in [-0.15, -0.1) is 0 Å². The van der Waals surface area contributed by atoms with E-state index in [2.05, 4.69) is 0 Å². The van der Waals surface area contributed by atoms with Gasteiger partial charge in [0, 0.05) is 35.4 Å². The molecule has 0 fully saturated rings. The minimum absolute atomic E-state index is 0.0779. The lowest BCUT2D eigenvalue weighted by molar-refractivity contribution is 0.134. The molecule has 190 valence electrons. The van der Waals surface area contributed by atoms with Crippen molar-refractivity contribution < 1.29 is 35.0 Å². The summed E-state index contributed by atoms with van der Waals surface area (Å²) >= 11 is 0. The van der Waals surface area contributed by atoms with Gasteiger partial charge in [0.15, 0.2) is 0 Å². The molecular formula is C30H28O7. The molecule has 0 unspecified atom stereocenters. The topological polar surface area (TPSA) is 120 Å². The highest BCUT2D eigenvalue weighted by molar-refractivity contribution is 5.61. The van der Waals surface area contributed by atoms with Crippen molar-refractivity contribution in [3.8, 4) is 34.5 Å². The first kappa shape index (κ1) is 24.3. The van der Waals surface area contributed by atoms with Crippen molar-refractivity contribution in [2.45, 2.75) is 23.9 Å². The van der Waals surface area contributed by atoms with Crippen LogP contribution in [0, 0.1) is 0 Å². The second kappa shape index (κ2) is 9.59. The SMILES string of the molecule is COc1cc(OC)cc([C@@H]2[C@@H](c3ccc(O)cc3)c3c(O)cc(O)cc3[C@H]2[C@H](O)c2ccc(O)cc2)c1. The highest BCUT2D eigenvalue weighted by Crippen LogP contribution is 2.62. The summed E-state index contributed by atoms with van der Waals surface area (Å²) in [7, 11) is 3.12. The van der Waals surface area contributed by atoms with E-state index >= 15 is 0 Å². The van der Waals surface area contributed by atoms with Crippen molar-refractivity contribution in [3.63, 3.8) is 0 Å². The summed E-state index contributed by atoms with van der Waals surface area (Å²) in [5.41, 5.74) is 3.36. The molecule has 37 heavy (non-hydrogen) atoms. The van der Waals surface area contributed by atoms with Gasteiger partial charge in [0.05, 0.1) is 20.3 Å². The predicted molar refractivity (Wildman–Crippen MR) is 138 cm³/mol. The van der Waals surface area contributed by atoms with E-state index in [4.69, 9.17) is 9.47 Å². The van der Waals surface area contributed by atoms with E-state index in [1.54, 1.807) is 62.8 Å². The summed E-state index contributed by atoms with van der Waals surface area (Å²) in [6.45, 7) is 0. The molecular weight excluding hydrogens is 472 g/mol. The first-order valence-electron chi connectivity index (χ1n) is 11.9. The number of aliphatic hydroxyl groups excluding tert-OH is 1. The van der Waals surface area contributed by atoms with Crippen molar-refractivity contribution in [2.75, 3.05) is 14.2 Å². The highest BCUT2D eigenvalue weighted by atomic mass is 16.5. The van der Waals surface area contributed by atoms with Crippen LogP contribution in [0.25, 0.3) is 0 Å². The molecule has 4 atom stereocenters.